The van der Waals surface area contributed by atoms with Crippen LogP contribution in [0.2, 0.25) is 0 Å². The number of halogens is 2. The molecule has 0 unspecified atom stereocenters. The second-order valence-electron chi connectivity index (χ2n) is 6.15. The molecule has 0 fully saturated rings. The molecule has 8 heteroatoms. The van der Waals surface area contributed by atoms with Gasteiger partial charge < -0.3 is 19.5 Å². The first-order chi connectivity index (χ1) is 13.3. The van der Waals surface area contributed by atoms with Crippen LogP contribution >= 0.6 is 12.4 Å². The zero-order chi connectivity index (χ0) is 18.5. The fraction of sp³-hybridized carbons (Fsp3) is 0.250. The first-order valence-electron chi connectivity index (χ1n) is 8.81. The number of benzene rings is 2. The average molecular weight is 406 g/mol. The van der Waals surface area contributed by atoms with E-state index in [9.17, 15) is 4.39 Å². The SMILES string of the molecule is Cl.Fc1ccccc1OCCCNCc1cn[nH]c1-c1ccc2c(c1)OCO2. The molecule has 0 radical (unpaired) electrons. The number of hydrogen-bond donors (Lipinski definition) is 2. The summed E-state index contributed by atoms with van der Waals surface area (Å²) in [6.45, 7) is 2.12. The van der Waals surface area contributed by atoms with Gasteiger partial charge in [-0.15, -0.1) is 12.4 Å². The topological polar surface area (TPSA) is 68.4 Å². The fourth-order valence-electron chi connectivity index (χ4n) is 2.91. The minimum atomic E-state index is -0.336. The van der Waals surface area contributed by atoms with Crippen molar-refractivity contribution in [2.45, 2.75) is 13.0 Å². The molecule has 0 aliphatic carbocycles. The zero-order valence-electron chi connectivity index (χ0n) is 15.1. The molecule has 28 heavy (non-hydrogen) atoms. The summed E-state index contributed by atoms with van der Waals surface area (Å²) in [5.74, 6) is 1.45. The number of para-hydroxylation sites is 1. The van der Waals surface area contributed by atoms with Crippen molar-refractivity contribution in [3.63, 3.8) is 0 Å². The number of fused-ring (bicyclic) bond motifs is 1. The van der Waals surface area contributed by atoms with Crippen molar-refractivity contribution in [1.82, 2.24) is 15.5 Å². The van der Waals surface area contributed by atoms with E-state index in [1.165, 1.54) is 6.07 Å². The number of nitrogens with zero attached hydrogens (tertiary/aromatic N) is 1. The first-order valence-corrected chi connectivity index (χ1v) is 8.81. The van der Waals surface area contributed by atoms with E-state index in [0.717, 1.165) is 41.3 Å². The minimum Gasteiger partial charge on any atom is -0.490 e. The van der Waals surface area contributed by atoms with Gasteiger partial charge in [0.1, 0.15) is 0 Å². The van der Waals surface area contributed by atoms with Crippen molar-refractivity contribution in [2.75, 3.05) is 19.9 Å². The maximum atomic E-state index is 13.5. The van der Waals surface area contributed by atoms with Crippen LogP contribution in [0.5, 0.6) is 17.2 Å². The maximum absolute atomic E-state index is 13.5. The Hall–Kier alpha value is -2.77. The standard InChI is InChI=1S/C20H20FN3O3.ClH/c21-16-4-1-2-5-17(16)25-9-3-8-22-11-15-12-23-24-20(15)14-6-7-18-19(10-14)27-13-26-18;/h1-2,4-7,10,12,22H,3,8-9,11,13H2,(H,23,24);1H. The Labute approximate surface area is 168 Å². The Morgan fingerprint density at radius 3 is 2.89 bits per heavy atom. The van der Waals surface area contributed by atoms with Crippen molar-refractivity contribution >= 4 is 12.4 Å². The highest BCUT2D eigenvalue weighted by Gasteiger charge is 2.16. The fourth-order valence-corrected chi connectivity index (χ4v) is 2.91. The number of rotatable bonds is 8. The third kappa shape index (κ3) is 4.55. The molecule has 0 amide bonds. The van der Waals surface area contributed by atoms with Crippen LogP contribution in [0.15, 0.2) is 48.7 Å². The molecule has 6 nitrogen and oxygen atoms in total. The van der Waals surface area contributed by atoms with Crippen LogP contribution in [0.3, 0.4) is 0 Å². The molecular formula is C20H21ClFN3O3. The molecule has 4 rings (SSSR count). The largest absolute Gasteiger partial charge is 0.490 e. The summed E-state index contributed by atoms with van der Waals surface area (Å²) >= 11 is 0. The quantitative estimate of drug-likeness (QED) is 0.556. The molecule has 1 aromatic heterocycles. The second kappa shape index (κ2) is 9.43. The molecule has 0 saturated heterocycles. The van der Waals surface area contributed by atoms with Crippen LogP contribution in [-0.2, 0) is 6.54 Å². The molecule has 0 atom stereocenters. The van der Waals surface area contributed by atoms with E-state index in [0.29, 0.717) is 13.2 Å². The van der Waals surface area contributed by atoms with Gasteiger partial charge in [-0.25, -0.2) is 4.39 Å². The van der Waals surface area contributed by atoms with Gasteiger partial charge in [0, 0.05) is 17.7 Å². The van der Waals surface area contributed by atoms with Gasteiger partial charge in [0.15, 0.2) is 23.1 Å². The Bertz CT molecular complexity index is 919. The van der Waals surface area contributed by atoms with Crippen molar-refractivity contribution in [3.05, 3.63) is 60.0 Å². The molecule has 2 N–H and O–H groups in total. The van der Waals surface area contributed by atoms with Crippen LogP contribution in [0.25, 0.3) is 11.3 Å². The van der Waals surface area contributed by atoms with Gasteiger partial charge >= 0.3 is 0 Å². The predicted octanol–water partition coefficient (Wildman–Crippen LogP) is 3.93. The van der Waals surface area contributed by atoms with Crippen molar-refractivity contribution in [3.8, 4) is 28.5 Å². The van der Waals surface area contributed by atoms with Crippen LogP contribution < -0.4 is 19.5 Å². The van der Waals surface area contributed by atoms with Crippen molar-refractivity contribution in [1.29, 1.82) is 0 Å². The highest BCUT2D eigenvalue weighted by atomic mass is 35.5. The van der Waals surface area contributed by atoms with E-state index in [1.54, 1.807) is 18.2 Å². The lowest BCUT2D eigenvalue weighted by Crippen LogP contribution is -2.17. The van der Waals surface area contributed by atoms with E-state index in [1.807, 2.05) is 24.4 Å². The third-order valence-electron chi connectivity index (χ3n) is 4.29. The third-order valence-corrected chi connectivity index (χ3v) is 4.29. The Balaban J connectivity index is 0.00000225. The molecule has 2 heterocycles. The lowest BCUT2D eigenvalue weighted by Gasteiger charge is -2.08. The summed E-state index contributed by atoms with van der Waals surface area (Å²) in [5.41, 5.74) is 3.00. The second-order valence-corrected chi connectivity index (χ2v) is 6.15. The van der Waals surface area contributed by atoms with Crippen LogP contribution in [0.1, 0.15) is 12.0 Å². The smallest absolute Gasteiger partial charge is 0.231 e. The van der Waals surface area contributed by atoms with Gasteiger partial charge in [0.25, 0.3) is 0 Å². The first kappa shape index (κ1) is 20.0. The molecule has 0 saturated carbocycles. The molecule has 0 bridgehead atoms. The normalized spacial score (nSPS) is 11.9. The number of nitrogens with one attached hydrogen (secondary N) is 2. The number of ether oxygens (including phenoxy) is 3. The van der Waals surface area contributed by atoms with E-state index in [-0.39, 0.29) is 30.8 Å². The van der Waals surface area contributed by atoms with E-state index in [4.69, 9.17) is 14.2 Å². The Morgan fingerprint density at radius 2 is 2.00 bits per heavy atom. The molecule has 0 spiro atoms. The molecule has 1 aliphatic rings. The van der Waals surface area contributed by atoms with Gasteiger partial charge in [-0.1, -0.05) is 12.1 Å². The van der Waals surface area contributed by atoms with E-state index >= 15 is 0 Å². The number of aromatic amines is 1. The highest BCUT2D eigenvalue weighted by molar-refractivity contribution is 5.85. The molecule has 2 aromatic carbocycles. The van der Waals surface area contributed by atoms with E-state index < -0.39 is 0 Å². The summed E-state index contributed by atoms with van der Waals surface area (Å²) in [4.78, 5) is 0. The summed E-state index contributed by atoms with van der Waals surface area (Å²) in [5, 5.41) is 10.6. The summed E-state index contributed by atoms with van der Waals surface area (Å²) in [6.07, 6.45) is 2.58. The predicted molar refractivity (Wildman–Crippen MR) is 106 cm³/mol. The van der Waals surface area contributed by atoms with Gasteiger partial charge in [0.2, 0.25) is 6.79 Å². The maximum Gasteiger partial charge on any atom is 0.231 e. The summed E-state index contributed by atoms with van der Waals surface area (Å²) < 4.78 is 29.7. The van der Waals surface area contributed by atoms with Crippen molar-refractivity contribution in [2.24, 2.45) is 0 Å². The molecule has 3 aromatic rings. The number of hydrogen-bond acceptors (Lipinski definition) is 5. The number of aromatic nitrogens is 2. The monoisotopic (exact) mass is 405 g/mol. The Morgan fingerprint density at radius 1 is 1.14 bits per heavy atom. The van der Waals surface area contributed by atoms with Crippen LogP contribution in [-0.4, -0.2) is 30.1 Å². The van der Waals surface area contributed by atoms with Gasteiger partial charge in [-0.05, 0) is 43.3 Å². The molecule has 148 valence electrons. The van der Waals surface area contributed by atoms with Crippen LogP contribution in [0.4, 0.5) is 4.39 Å². The highest BCUT2D eigenvalue weighted by Crippen LogP contribution is 2.36. The average Bonchev–Trinajstić information content (AvgIpc) is 3.34. The lowest BCUT2D eigenvalue weighted by molar-refractivity contribution is 0.174. The molecule has 1 aliphatic heterocycles. The van der Waals surface area contributed by atoms with E-state index in [2.05, 4.69) is 15.5 Å². The van der Waals surface area contributed by atoms with Gasteiger partial charge in [0.05, 0.1) is 18.5 Å². The Kier molecular flexibility index (Phi) is 6.73. The minimum absolute atomic E-state index is 0. The van der Waals surface area contributed by atoms with Gasteiger partial charge in [-0.3, -0.25) is 5.10 Å². The molecular weight excluding hydrogens is 385 g/mol. The summed E-state index contributed by atoms with van der Waals surface area (Å²) in [6, 6.07) is 12.2. The van der Waals surface area contributed by atoms with Crippen LogP contribution in [0, 0.1) is 5.82 Å². The zero-order valence-corrected chi connectivity index (χ0v) is 15.9. The number of H-pyrrole nitrogens is 1. The lowest BCUT2D eigenvalue weighted by atomic mass is 10.1. The van der Waals surface area contributed by atoms with Crippen molar-refractivity contribution < 1.29 is 18.6 Å². The van der Waals surface area contributed by atoms with Gasteiger partial charge in [-0.2, -0.15) is 5.10 Å². The summed E-state index contributed by atoms with van der Waals surface area (Å²) in [7, 11) is 0.